The molecule has 3 aromatic rings. The molecule has 3 aromatic carbocycles. The van der Waals surface area contributed by atoms with E-state index in [0.29, 0.717) is 10.8 Å². The van der Waals surface area contributed by atoms with Crippen LogP contribution in [0.15, 0.2) is 71.6 Å². The zero-order valence-electron chi connectivity index (χ0n) is 23.8. The van der Waals surface area contributed by atoms with E-state index >= 15 is 0 Å². The molecule has 11 heteroatoms. The molecule has 1 N–H and O–H groups in total. The third-order valence-electron chi connectivity index (χ3n) is 7.45. The van der Waals surface area contributed by atoms with Gasteiger partial charge in [0.15, 0.2) is 0 Å². The van der Waals surface area contributed by atoms with Gasteiger partial charge in [-0.1, -0.05) is 65.9 Å². The third-order valence-corrected chi connectivity index (χ3v) is 9.78. The predicted molar refractivity (Wildman–Crippen MR) is 166 cm³/mol. The van der Waals surface area contributed by atoms with E-state index in [2.05, 4.69) is 5.32 Å². The summed E-state index contributed by atoms with van der Waals surface area (Å²) in [5, 5.41) is 3.78. The Kier molecular flexibility index (Phi) is 10.4. The minimum absolute atomic E-state index is 0.0177. The van der Waals surface area contributed by atoms with Crippen molar-refractivity contribution in [2.24, 2.45) is 0 Å². The molecule has 1 fully saturated rings. The topological polar surface area (TPSA) is 96.0 Å². The van der Waals surface area contributed by atoms with Crippen molar-refractivity contribution in [1.82, 2.24) is 10.2 Å². The van der Waals surface area contributed by atoms with Gasteiger partial charge in [-0.15, -0.1) is 0 Å². The maximum absolute atomic E-state index is 14.1. The van der Waals surface area contributed by atoms with E-state index < -0.39 is 28.5 Å². The quantitative estimate of drug-likeness (QED) is 0.281. The Hall–Kier alpha value is -3.27. The molecular weight excluding hydrogens is 597 g/mol. The Labute approximate surface area is 257 Å². The van der Waals surface area contributed by atoms with Crippen molar-refractivity contribution in [3.05, 3.63) is 87.9 Å². The largest absolute Gasteiger partial charge is 0.495 e. The molecule has 1 aliphatic rings. The fraction of sp³-hybridized carbons (Fsp3) is 0.355. The summed E-state index contributed by atoms with van der Waals surface area (Å²) in [7, 11) is -2.75. The van der Waals surface area contributed by atoms with Gasteiger partial charge in [-0.2, -0.15) is 0 Å². The first-order valence-electron chi connectivity index (χ1n) is 13.8. The first-order valence-corrected chi connectivity index (χ1v) is 16.0. The van der Waals surface area contributed by atoms with Gasteiger partial charge in [-0.25, -0.2) is 8.42 Å². The molecule has 4 rings (SSSR count). The van der Waals surface area contributed by atoms with Gasteiger partial charge in [0.2, 0.25) is 11.8 Å². The minimum atomic E-state index is -4.21. The molecule has 0 bridgehead atoms. The second kappa shape index (κ2) is 13.8. The number of halogens is 2. The molecule has 0 aromatic heterocycles. The summed E-state index contributed by atoms with van der Waals surface area (Å²) in [5.74, 6) is -0.479. The van der Waals surface area contributed by atoms with Crippen molar-refractivity contribution < 1.29 is 22.7 Å². The summed E-state index contributed by atoms with van der Waals surface area (Å²) >= 11 is 12.4. The van der Waals surface area contributed by atoms with Crippen molar-refractivity contribution in [3.63, 3.8) is 0 Å². The van der Waals surface area contributed by atoms with Gasteiger partial charge in [0.25, 0.3) is 10.0 Å². The minimum Gasteiger partial charge on any atom is -0.495 e. The maximum Gasteiger partial charge on any atom is 0.264 e. The first-order chi connectivity index (χ1) is 20.0. The Bertz CT molecular complexity index is 1510. The van der Waals surface area contributed by atoms with Crippen molar-refractivity contribution in [1.29, 1.82) is 0 Å². The second-order valence-corrected chi connectivity index (χ2v) is 13.2. The van der Waals surface area contributed by atoms with E-state index in [4.69, 9.17) is 27.9 Å². The van der Waals surface area contributed by atoms with Crippen molar-refractivity contribution in [2.45, 2.75) is 63.1 Å². The summed E-state index contributed by atoms with van der Waals surface area (Å²) in [5.41, 5.74) is 1.82. The van der Waals surface area contributed by atoms with Crippen molar-refractivity contribution in [2.75, 3.05) is 18.0 Å². The lowest BCUT2D eigenvalue weighted by atomic mass is 10.1. The fourth-order valence-electron chi connectivity index (χ4n) is 4.94. The standard InChI is InChI=1S/C31H35Cl2N3O5S/c1-21-8-15-27(16-9-21)42(39,40)36(26-14-17-29(41-3)28(33)18-26)20-30(37)35(19-23-10-12-24(32)13-11-23)22(2)31(38)34-25-6-4-5-7-25/h8-18,22,25H,4-7,19-20H2,1-3H3,(H,34,38)/t22-/m1/s1. The average Bonchev–Trinajstić information content (AvgIpc) is 3.48. The Morgan fingerprint density at radius 1 is 1.00 bits per heavy atom. The number of sulfonamides is 1. The molecule has 1 saturated carbocycles. The maximum atomic E-state index is 14.1. The molecule has 0 saturated heterocycles. The fourth-order valence-corrected chi connectivity index (χ4v) is 6.72. The van der Waals surface area contributed by atoms with Crippen LogP contribution in [0.2, 0.25) is 10.0 Å². The lowest BCUT2D eigenvalue weighted by Gasteiger charge is -2.32. The highest BCUT2D eigenvalue weighted by atomic mass is 35.5. The van der Waals surface area contributed by atoms with E-state index in [9.17, 15) is 18.0 Å². The Morgan fingerprint density at radius 2 is 1.64 bits per heavy atom. The molecule has 0 heterocycles. The normalized spacial score (nSPS) is 14.3. The van der Waals surface area contributed by atoms with Crippen molar-refractivity contribution >= 4 is 50.7 Å². The Morgan fingerprint density at radius 3 is 2.24 bits per heavy atom. The van der Waals surface area contributed by atoms with Crippen LogP contribution >= 0.6 is 23.2 Å². The van der Waals surface area contributed by atoms with E-state index in [1.807, 2.05) is 6.92 Å². The molecule has 0 spiro atoms. The molecular formula is C31H35Cl2N3O5S. The van der Waals surface area contributed by atoms with Gasteiger partial charge < -0.3 is 15.0 Å². The van der Waals surface area contributed by atoms with Crippen molar-refractivity contribution in [3.8, 4) is 5.75 Å². The predicted octanol–water partition coefficient (Wildman–Crippen LogP) is 5.98. The average molecular weight is 633 g/mol. The van der Waals surface area contributed by atoms with E-state index in [0.717, 1.165) is 41.1 Å². The van der Waals surface area contributed by atoms with E-state index in [-0.39, 0.29) is 34.1 Å². The second-order valence-electron chi connectivity index (χ2n) is 10.5. The van der Waals surface area contributed by atoms with Gasteiger partial charge >= 0.3 is 0 Å². The van der Waals surface area contributed by atoms with Gasteiger partial charge in [0.05, 0.1) is 22.7 Å². The number of methoxy groups -OCH3 is 1. The lowest BCUT2D eigenvalue weighted by molar-refractivity contribution is -0.139. The van der Waals surface area contributed by atoms with Crippen LogP contribution in [-0.2, 0) is 26.2 Å². The molecule has 224 valence electrons. The molecule has 1 aliphatic carbocycles. The Balaban J connectivity index is 1.71. The highest BCUT2D eigenvalue weighted by molar-refractivity contribution is 7.92. The number of amides is 2. The van der Waals surface area contributed by atoms with Crippen LogP contribution in [-0.4, -0.2) is 50.9 Å². The third kappa shape index (κ3) is 7.56. The molecule has 42 heavy (non-hydrogen) atoms. The summed E-state index contributed by atoms with van der Waals surface area (Å²) in [6.45, 7) is 3.03. The van der Waals surface area contributed by atoms with Gasteiger partial charge in [0.1, 0.15) is 18.3 Å². The van der Waals surface area contributed by atoms with E-state index in [1.165, 1.54) is 36.3 Å². The van der Waals surface area contributed by atoms with Gasteiger partial charge in [0, 0.05) is 17.6 Å². The summed E-state index contributed by atoms with van der Waals surface area (Å²) in [6, 6.07) is 17.0. The van der Waals surface area contributed by atoms with Crippen LogP contribution in [0.5, 0.6) is 5.75 Å². The molecule has 2 amide bonds. The van der Waals surface area contributed by atoms with Crippen LogP contribution in [0.25, 0.3) is 0 Å². The number of carbonyl (C=O) groups is 2. The van der Waals surface area contributed by atoms with Crippen LogP contribution < -0.4 is 14.4 Å². The van der Waals surface area contributed by atoms with Gasteiger partial charge in [-0.3, -0.25) is 13.9 Å². The summed E-state index contributed by atoms with van der Waals surface area (Å²) < 4.78 is 34.2. The molecule has 0 unspecified atom stereocenters. The highest BCUT2D eigenvalue weighted by Crippen LogP contribution is 2.32. The SMILES string of the molecule is COc1ccc(N(CC(=O)N(Cc2ccc(Cl)cc2)[C@H](C)C(=O)NC2CCCC2)S(=O)(=O)c2ccc(C)cc2)cc1Cl. The number of anilines is 1. The molecule has 1 atom stereocenters. The monoisotopic (exact) mass is 631 g/mol. The number of nitrogens with zero attached hydrogens (tertiary/aromatic N) is 2. The van der Waals surface area contributed by atoms with E-state index in [1.54, 1.807) is 49.4 Å². The number of carbonyl (C=O) groups excluding carboxylic acids is 2. The number of rotatable bonds is 11. The zero-order chi connectivity index (χ0) is 30.4. The summed E-state index contributed by atoms with van der Waals surface area (Å²) in [6.07, 6.45) is 3.88. The van der Waals surface area contributed by atoms with Gasteiger partial charge in [-0.05, 0) is 74.7 Å². The number of hydrogen-bond acceptors (Lipinski definition) is 5. The molecule has 0 aliphatic heterocycles. The highest BCUT2D eigenvalue weighted by Gasteiger charge is 2.33. The molecule has 0 radical (unpaired) electrons. The van der Waals surface area contributed by atoms with Crippen LogP contribution in [0.1, 0.15) is 43.7 Å². The number of nitrogens with one attached hydrogen (secondary N) is 1. The summed E-state index contributed by atoms with van der Waals surface area (Å²) in [4.78, 5) is 28.8. The number of aryl methyl sites for hydroxylation is 1. The number of hydrogen-bond donors (Lipinski definition) is 1. The van der Waals surface area contributed by atoms with Crippen LogP contribution in [0.3, 0.4) is 0 Å². The molecule has 8 nitrogen and oxygen atoms in total. The number of ether oxygens (including phenoxy) is 1. The zero-order valence-corrected chi connectivity index (χ0v) is 26.2. The smallest absolute Gasteiger partial charge is 0.264 e. The van der Waals surface area contributed by atoms with Crippen LogP contribution in [0.4, 0.5) is 5.69 Å². The lowest BCUT2D eigenvalue weighted by Crippen LogP contribution is -2.52. The van der Waals surface area contributed by atoms with Crippen LogP contribution in [0, 0.1) is 6.92 Å². The number of benzene rings is 3. The first kappa shape index (κ1) is 31.7.